The summed E-state index contributed by atoms with van der Waals surface area (Å²) in [6.45, 7) is 5.14. The normalized spacial score (nSPS) is 12.2. The number of thiophene rings is 1. The molecule has 0 bridgehead atoms. The van der Waals surface area contributed by atoms with Gasteiger partial charge in [-0.15, -0.1) is 0 Å². The van der Waals surface area contributed by atoms with Crippen molar-refractivity contribution in [3.05, 3.63) is 45.6 Å². The van der Waals surface area contributed by atoms with Crippen LogP contribution in [0.25, 0.3) is 0 Å². The molecule has 20 heavy (non-hydrogen) atoms. The monoisotopic (exact) mass is 291 g/mol. The number of hydrogen-bond acceptors (Lipinski definition) is 4. The lowest BCUT2D eigenvalue weighted by Gasteiger charge is -2.21. The zero-order chi connectivity index (χ0) is 14.5. The number of aryl methyl sites for hydroxylation is 1. The van der Waals surface area contributed by atoms with Crippen LogP contribution in [0.5, 0.6) is 11.5 Å². The molecule has 2 rings (SSSR count). The molecule has 0 radical (unpaired) electrons. The molecule has 0 fully saturated rings. The summed E-state index contributed by atoms with van der Waals surface area (Å²) in [5, 5.41) is 7.91. The minimum atomic E-state index is 0.122. The molecule has 4 heteroatoms. The van der Waals surface area contributed by atoms with Crippen molar-refractivity contribution in [2.24, 2.45) is 0 Å². The fourth-order valence-electron chi connectivity index (χ4n) is 2.32. The van der Waals surface area contributed by atoms with E-state index in [0.717, 1.165) is 23.6 Å². The molecule has 1 unspecified atom stereocenters. The van der Waals surface area contributed by atoms with Gasteiger partial charge in [0.25, 0.3) is 0 Å². The second kappa shape index (κ2) is 6.77. The molecule has 2 aromatic rings. The van der Waals surface area contributed by atoms with E-state index in [-0.39, 0.29) is 6.04 Å². The highest BCUT2D eigenvalue weighted by molar-refractivity contribution is 7.08. The van der Waals surface area contributed by atoms with Crippen LogP contribution in [-0.4, -0.2) is 20.8 Å². The van der Waals surface area contributed by atoms with Gasteiger partial charge in [-0.05, 0) is 53.6 Å². The molecule has 0 amide bonds. The van der Waals surface area contributed by atoms with E-state index in [1.807, 2.05) is 18.2 Å². The van der Waals surface area contributed by atoms with E-state index in [0.29, 0.717) is 0 Å². The predicted octanol–water partition coefficient (Wildman–Crippen LogP) is 3.77. The molecular formula is C16H21NO2S. The van der Waals surface area contributed by atoms with Gasteiger partial charge in [-0.25, -0.2) is 0 Å². The van der Waals surface area contributed by atoms with Crippen molar-refractivity contribution in [2.45, 2.75) is 19.9 Å². The fourth-order valence-corrected chi connectivity index (χ4v) is 3.20. The van der Waals surface area contributed by atoms with Crippen molar-refractivity contribution in [1.29, 1.82) is 0 Å². The van der Waals surface area contributed by atoms with Gasteiger partial charge in [0.1, 0.15) is 11.5 Å². The van der Waals surface area contributed by atoms with Crippen LogP contribution in [0.1, 0.15) is 29.7 Å². The van der Waals surface area contributed by atoms with E-state index >= 15 is 0 Å². The third-order valence-corrected chi connectivity index (χ3v) is 4.24. The van der Waals surface area contributed by atoms with Crippen molar-refractivity contribution >= 4 is 11.3 Å². The van der Waals surface area contributed by atoms with E-state index < -0.39 is 0 Å². The maximum absolute atomic E-state index is 5.52. The Morgan fingerprint density at radius 3 is 2.50 bits per heavy atom. The molecule has 0 saturated carbocycles. The lowest BCUT2D eigenvalue weighted by atomic mass is 9.97. The summed E-state index contributed by atoms with van der Waals surface area (Å²) in [6, 6.07) is 6.05. The first-order valence-corrected chi connectivity index (χ1v) is 7.63. The summed E-state index contributed by atoms with van der Waals surface area (Å²) in [7, 11) is 3.39. The average molecular weight is 291 g/mol. The molecule has 1 atom stereocenters. The van der Waals surface area contributed by atoms with Crippen molar-refractivity contribution in [3.8, 4) is 11.5 Å². The Bertz CT molecular complexity index is 565. The summed E-state index contributed by atoms with van der Waals surface area (Å²) in [5.74, 6) is 1.72. The first-order valence-electron chi connectivity index (χ1n) is 6.69. The standard InChI is InChI=1S/C16H21NO2S/c1-5-17-16(14-10-20-9-11(14)2)13-8-12(18-3)6-7-15(13)19-4/h6-10,16-17H,5H2,1-4H3. The van der Waals surface area contributed by atoms with Gasteiger partial charge in [-0.1, -0.05) is 6.92 Å². The second-order valence-corrected chi connectivity index (χ2v) is 5.35. The largest absolute Gasteiger partial charge is 0.497 e. The molecule has 0 spiro atoms. The topological polar surface area (TPSA) is 30.5 Å². The molecule has 3 nitrogen and oxygen atoms in total. The zero-order valence-corrected chi connectivity index (χ0v) is 13.2. The zero-order valence-electron chi connectivity index (χ0n) is 12.4. The van der Waals surface area contributed by atoms with Crippen LogP contribution >= 0.6 is 11.3 Å². The highest BCUT2D eigenvalue weighted by atomic mass is 32.1. The van der Waals surface area contributed by atoms with E-state index in [1.165, 1.54) is 11.1 Å². The maximum Gasteiger partial charge on any atom is 0.124 e. The lowest BCUT2D eigenvalue weighted by molar-refractivity contribution is 0.394. The Morgan fingerprint density at radius 2 is 1.95 bits per heavy atom. The van der Waals surface area contributed by atoms with Crippen LogP contribution in [0.15, 0.2) is 29.0 Å². The molecule has 0 aliphatic rings. The molecule has 1 heterocycles. The van der Waals surface area contributed by atoms with Crippen LogP contribution < -0.4 is 14.8 Å². The minimum Gasteiger partial charge on any atom is -0.497 e. The number of ether oxygens (including phenoxy) is 2. The van der Waals surface area contributed by atoms with Crippen LogP contribution in [-0.2, 0) is 0 Å². The lowest BCUT2D eigenvalue weighted by Crippen LogP contribution is -2.22. The maximum atomic E-state index is 5.52. The summed E-state index contributed by atoms with van der Waals surface area (Å²) in [5.41, 5.74) is 3.70. The van der Waals surface area contributed by atoms with Gasteiger partial charge in [-0.3, -0.25) is 0 Å². The third-order valence-electron chi connectivity index (χ3n) is 3.36. The van der Waals surface area contributed by atoms with Gasteiger partial charge in [0.2, 0.25) is 0 Å². The number of hydrogen-bond donors (Lipinski definition) is 1. The molecular weight excluding hydrogens is 270 g/mol. The first kappa shape index (κ1) is 14.9. The van der Waals surface area contributed by atoms with Gasteiger partial charge in [-0.2, -0.15) is 11.3 Å². The Balaban J connectivity index is 2.50. The summed E-state index contributed by atoms with van der Waals surface area (Å²) in [6.07, 6.45) is 0. The van der Waals surface area contributed by atoms with Crippen molar-refractivity contribution in [1.82, 2.24) is 5.32 Å². The van der Waals surface area contributed by atoms with Gasteiger partial charge >= 0.3 is 0 Å². The first-order chi connectivity index (χ1) is 9.71. The van der Waals surface area contributed by atoms with Crippen molar-refractivity contribution < 1.29 is 9.47 Å². The number of benzene rings is 1. The quantitative estimate of drug-likeness (QED) is 0.878. The smallest absolute Gasteiger partial charge is 0.124 e. The molecule has 1 aromatic heterocycles. The number of rotatable bonds is 6. The number of nitrogens with one attached hydrogen (secondary N) is 1. The minimum absolute atomic E-state index is 0.122. The molecule has 0 aliphatic heterocycles. The van der Waals surface area contributed by atoms with Crippen LogP contribution in [0.4, 0.5) is 0 Å². The molecule has 0 saturated heterocycles. The Morgan fingerprint density at radius 1 is 1.15 bits per heavy atom. The second-order valence-electron chi connectivity index (χ2n) is 4.61. The molecule has 108 valence electrons. The summed E-state index contributed by atoms with van der Waals surface area (Å²) >= 11 is 1.73. The van der Waals surface area contributed by atoms with Crippen molar-refractivity contribution in [2.75, 3.05) is 20.8 Å². The van der Waals surface area contributed by atoms with Gasteiger partial charge < -0.3 is 14.8 Å². The summed E-state index contributed by atoms with van der Waals surface area (Å²) in [4.78, 5) is 0. The predicted molar refractivity (Wildman–Crippen MR) is 84.1 cm³/mol. The average Bonchev–Trinajstić information content (AvgIpc) is 2.90. The van der Waals surface area contributed by atoms with E-state index in [1.54, 1.807) is 25.6 Å². The Labute approximate surface area is 124 Å². The number of methoxy groups -OCH3 is 2. The Kier molecular flexibility index (Phi) is 5.04. The van der Waals surface area contributed by atoms with Crippen LogP contribution in [0.3, 0.4) is 0 Å². The highest BCUT2D eigenvalue weighted by Gasteiger charge is 2.20. The molecule has 0 aliphatic carbocycles. The van der Waals surface area contributed by atoms with Gasteiger partial charge in [0, 0.05) is 5.56 Å². The Hall–Kier alpha value is -1.52. The molecule has 1 N–H and O–H groups in total. The van der Waals surface area contributed by atoms with Crippen LogP contribution in [0, 0.1) is 6.92 Å². The van der Waals surface area contributed by atoms with Crippen molar-refractivity contribution in [3.63, 3.8) is 0 Å². The van der Waals surface area contributed by atoms with E-state index in [4.69, 9.17) is 9.47 Å². The fraction of sp³-hybridized carbons (Fsp3) is 0.375. The van der Waals surface area contributed by atoms with E-state index in [2.05, 4.69) is 29.9 Å². The summed E-state index contributed by atoms with van der Waals surface area (Å²) < 4.78 is 10.9. The van der Waals surface area contributed by atoms with Crippen LogP contribution in [0.2, 0.25) is 0 Å². The highest BCUT2D eigenvalue weighted by Crippen LogP contribution is 2.35. The molecule has 1 aromatic carbocycles. The third kappa shape index (κ3) is 2.97. The van der Waals surface area contributed by atoms with E-state index in [9.17, 15) is 0 Å². The van der Waals surface area contributed by atoms with Gasteiger partial charge in [0.15, 0.2) is 0 Å². The SMILES string of the molecule is CCNC(c1cscc1C)c1cc(OC)ccc1OC. The van der Waals surface area contributed by atoms with Gasteiger partial charge in [0.05, 0.1) is 20.3 Å².